The molecule has 0 aliphatic carbocycles. The number of rotatable bonds is 3. The molecule has 3 nitrogen and oxygen atoms in total. The first-order valence-corrected chi connectivity index (χ1v) is 3.69. The van der Waals surface area contributed by atoms with E-state index in [-0.39, 0.29) is 44.7 Å². The van der Waals surface area contributed by atoms with Gasteiger partial charge in [-0.15, -0.1) is 0 Å². The second-order valence-electron chi connectivity index (χ2n) is 2.57. The van der Waals surface area contributed by atoms with E-state index < -0.39 is 0 Å². The van der Waals surface area contributed by atoms with Crippen LogP contribution in [0.25, 0.3) is 0 Å². The molecule has 1 saturated heterocycles. The minimum absolute atomic E-state index is 0. The van der Waals surface area contributed by atoms with E-state index in [1.165, 1.54) is 4.81 Å². The summed E-state index contributed by atoms with van der Waals surface area (Å²) in [5, 5.41) is 0. The van der Waals surface area contributed by atoms with Crippen LogP contribution in [0.15, 0.2) is 0 Å². The summed E-state index contributed by atoms with van der Waals surface area (Å²) in [6.07, 6.45) is 1.34. The third kappa shape index (κ3) is 3.15. The maximum absolute atomic E-state index is 10.9. The Labute approximate surface area is 99.5 Å². The molecule has 0 unspecified atom stereocenters. The molecule has 0 saturated carbocycles. The number of hydrogen-bond donors (Lipinski definition) is 0. The van der Waals surface area contributed by atoms with Gasteiger partial charge in [-0.25, -0.2) is 0 Å². The van der Waals surface area contributed by atoms with Crippen LogP contribution in [0.4, 0.5) is 0 Å². The van der Waals surface area contributed by atoms with E-state index in [4.69, 9.17) is 12.7 Å². The molecule has 1 fully saturated rings. The maximum atomic E-state index is 10.9. The Kier molecular flexibility index (Phi) is 6.42. The summed E-state index contributed by atoms with van der Waals surface area (Å²) in [6.45, 7) is 4.46. The molecule has 63 valence electrons. The molecule has 3 radical (unpaired) electrons. The molecule has 1 aliphatic heterocycles. The predicted octanol–water partition coefficient (Wildman–Crippen LogP) is -0.0909. The van der Waals surface area contributed by atoms with Gasteiger partial charge in [-0.05, 0) is 6.42 Å². The molecular formula is C7H11BNO2Y-. The molecule has 0 aromatic carbocycles. The minimum atomic E-state index is 0. The largest absolute Gasteiger partial charge is 0.411 e. The SMILES string of the molecule is [B]N1C(=O)CC[C@H]1COC[CH2-].[Y]. The monoisotopic (exact) mass is 241 g/mol. The van der Waals surface area contributed by atoms with Gasteiger partial charge in [-0.2, -0.15) is 0 Å². The average molecular weight is 241 g/mol. The second kappa shape index (κ2) is 6.11. The van der Waals surface area contributed by atoms with Crippen LogP contribution in [0.1, 0.15) is 12.8 Å². The number of nitrogens with zero attached hydrogens (tertiary/aromatic N) is 1. The van der Waals surface area contributed by atoms with Crippen molar-refractivity contribution in [3.63, 3.8) is 0 Å². The van der Waals surface area contributed by atoms with Crippen LogP contribution in [-0.2, 0) is 42.2 Å². The first kappa shape index (κ1) is 12.6. The molecule has 1 atom stereocenters. The topological polar surface area (TPSA) is 29.5 Å². The van der Waals surface area contributed by atoms with Crippen LogP contribution in [0.3, 0.4) is 0 Å². The van der Waals surface area contributed by atoms with E-state index in [0.717, 1.165) is 6.42 Å². The van der Waals surface area contributed by atoms with Crippen molar-refractivity contribution >= 4 is 13.9 Å². The van der Waals surface area contributed by atoms with Crippen molar-refractivity contribution in [3.8, 4) is 0 Å². The minimum Gasteiger partial charge on any atom is -0.411 e. The molecular weight excluding hydrogens is 230 g/mol. The van der Waals surface area contributed by atoms with Crippen molar-refractivity contribution in [1.29, 1.82) is 0 Å². The Morgan fingerprint density at radius 3 is 2.83 bits per heavy atom. The molecule has 1 heterocycles. The third-order valence-electron chi connectivity index (χ3n) is 1.83. The van der Waals surface area contributed by atoms with Crippen LogP contribution in [0.2, 0.25) is 0 Å². The predicted molar refractivity (Wildman–Crippen MR) is 41.8 cm³/mol. The van der Waals surface area contributed by atoms with E-state index in [1.807, 2.05) is 0 Å². The fourth-order valence-electron chi connectivity index (χ4n) is 1.14. The molecule has 0 N–H and O–H groups in total. The number of hydrogen-bond acceptors (Lipinski definition) is 2. The smallest absolute Gasteiger partial charge is 0.230 e. The van der Waals surface area contributed by atoms with Crippen LogP contribution >= 0.6 is 0 Å². The van der Waals surface area contributed by atoms with Crippen molar-refractivity contribution in [1.82, 2.24) is 4.81 Å². The summed E-state index contributed by atoms with van der Waals surface area (Å²) in [5.74, 6) is 0.00247. The Bertz CT molecular complexity index is 156. The number of carbonyl (C=O) groups excluding carboxylic acids is 1. The summed E-state index contributed by atoms with van der Waals surface area (Å²) in [6, 6.07) is 0.0595. The zero-order valence-electron chi connectivity index (χ0n) is 7.03. The van der Waals surface area contributed by atoms with Crippen molar-refractivity contribution in [3.05, 3.63) is 6.92 Å². The first-order chi connectivity index (χ1) is 5.25. The fraction of sp³-hybridized carbons (Fsp3) is 0.714. The Morgan fingerprint density at radius 2 is 2.42 bits per heavy atom. The Balaban J connectivity index is 0.00000121. The summed E-state index contributed by atoms with van der Waals surface area (Å²) in [7, 11) is 5.45. The van der Waals surface area contributed by atoms with Gasteiger partial charge in [0.1, 0.15) is 0 Å². The molecule has 5 heteroatoms. The molecule has 12 heavy (non-hydrogen) atoms. The van der Waals surface area contributed by atoms with Crippen LogP contribution in [0, 0.1) is 6.92 Å². The molecule has 0 aromatic rings. The second-order valence-corrected chi connectivity index (χ2v) is 2.57. The van der Waals surface area contributed by atoms with E-state index in [9.17, 15) is 4.79 Å². The van der Waals surface area contributed by atoms with Gasteiger partial charge in [0.25, 0.3) is 0 Å². The van der Waals surface area contributed by atoms with E-state index >= 15 is 0 Å². The van der Waals surface area contributed by atoms with Crippen molar-refractivity contribution in [2.24, 2.45) is 0 Å². The zero-order chi connectivity index (χ0) is 8.27. The van der Waals surface area contributed by atoms with Gasteiger partial charge in [0.05, 0.1) is 6.61 Å². The number of ether oxygens (including phenoxy) is 1. The number of amides is 1. The third-order valence-corrected chi connectivity index (χ3v) is 1.83. The van der Waals surface area contributed by atoms with E-state index in [2.05, 4.69) is 6.92 Å². The van der Waals surface area contributed by atoms with Crippen LogP contribution < -0.4 is 0 Å². The van der Waals surface area contributed by atoms with Gasteiger partial charge in [0, 0.05) is 45.2 Å². The Morgan fingerprint density at radius 1 is 1.75 bits per heavy atom. The summed E-state index contributed by atoms with van der Waals surface area (Å²) in [5.41, 5.74) is 0. The fourth-order valence-corrected chi connectivity index (χ4v) is 1.14. The molecule has 1 rings (SSSR count). The molecule has 0 bridgehead atoms. The van der Waals surface area contributed by atoms with Gasteiger partial charge in [-0.3, -0.25) is 4.79 Å². The maximum Gasteiger partial charge on any atom is 0.230 e. The van der Waals surface area contributed by atoms with Crippen molar-refractivity contribution in [2.75, 3.05) is 13.2 Å². The summed E-state index contributed by atoms with van der Waals surface area (Å²) < 4.78 is 5.05. The molecule has 1 amide bonds. The summed E-state index contributed by atoms with van der Waals surface area (Å²) >= 11 is 0. The van der Waals surface area contributed by atoms with Gasteiger partial charge in [-0.1, -0.05) is 6.61 Å². The standard InChI is InChI=1S/C7H11BNO2.Y/c1-2-11-5-6-3-4-7(10)9(6)8;/h6H,1-5H2;/q-1;/t6-;/m0./s1. The molecule has 0 spiro atoms. The molecule has 0 aromatic heterocycles. The van der Waals surface area contributed by atoms with E-state index in [1.54, 1.807) is 0 Å². The first-order valence-electron chi connectivity index (χ1n) is 3.69. The molecule has 1 aliphatic rings. The van der Waals surface area contributed by atoms with Gasteiger partial charge < -0.3 is 16.5 Å². The van der Waals surface area contributed by atoms with Crippen molar-refractivity contribution in [2.45, 2.75) is 18.9 Å². The van der Waals surface area contributed by atoms with Gasteiger partial charge in [0.15, 0.2) is 0 Å². The van der Waals surface area contributed by atoms with Crippen LogP contribution in [0.5, 0.6) is 0 Å². The van der Waals surface area contributed by atoms with E-state index in [0.29, 0.717) is 19.6 Å². The number of carbonyl (C=O) groups is 1. The normalized spacial score (nSPS) is 22.6. The van der Waals surface area contributed by atoms with Crippen molar-refractivity contribution < 1.29 is 42.2 Å². The zero-order valence-corrected chi connectivity index (χ0v) is 9.87. The van der Waals surface area contributed by atoms with Gasteiger partial charge >= 0.3 is 0 Å². The quantitative estimate of drug-likeness (QED) is 0.510. The van der Waals surface area contributed by atoms with Crippen LogP contribution in [-0.4, -0.2) is 38.0 Å². The van der Waals surface area contributed by atoms with Gasteiger partial charge in [0.2, 0.25) is 13.9 Å². The summed E-state index contributed by atoms with van der Waals surface area (Å²) in [4.78, 5) is 12.1. The Hall–Kier alpha value is 0.599. The average Bonchev–Trinajstić information content (AvgIpc) is 2.31.